The second-order valence-electron chi connectivity index (χ2n) is 6.56. The van der Waals surface area contributed by atoms with Crippen LogP contribution >= 0.6 is 11.8 Å². The second kappa shape index (κ2) is 8.03. The first-order valence-corrected chi connectivity index (χ1v) is 10.1. The van der Waals surface area contributed by atoms with Crippen molar-refractivity contribution in [3.05, 3.63) is 36.4 Å². The molecule has 3 heterocycles. The van der Waals surface area contributed by atoms with Gasteiger partial charge in [0.05, 0.1) is 0 Å². The Hall–Kier alpha value is -2.15. The summed E-state index contributed by atoms with van der Waals surface area (Å²) in [7, 11) is 0. The first-order chi connectivity index (χ1) is 12.8. The number of ether oxygens (including phenoxy) is 2. The number of imidazole rings is 1. The summed E-state index contributed by atoms with van der Waals surface area (Å²) in [6, 6.07) is 5.96. The minimum absolute atomic E-state index is 0.228. The molecule has 1 saturated heterocycles. The Balaban J connectivity index is 1.27. The standard InChI is InChI=1S/C19H23N3O3S/c23-18(22-8-1-2-14(13-22)19-20-6-7-21-19)5-11-26-15-3-4-16-17(12-15)25-10-9-24-16/h3-4,6-7,12,14H,1-2,5,8-11,13H2,(H,20,21)/t14-/m1/s1. The van der Waals surface area contributed by atoms with Crippen LogP contribution in [0.2, 0.25) is 0 Å². The summed E-state index contributed by atoms with van der Waals surface area (Å²) < 4.78 is 11.1. The second-order valence-corrected chi connectivity index (χ2v) is 7.73. The summed E-state index contributed by atoms with van der Waals surface area (Å²) in [6.07, 6.45) is 6.29. The van der Waals surface area contributed by atoms with Gasteiger partial charge in [0.1, 0.15) is 19.0 Å². The van der Waals surface area contributed by atoms with E-state index in [1.165, 1.54) is 0 Å². The first-order valence-electron chi connectivity index (χ1n) is 9.09. The molecule has 26 heavy (non-hydrogen) atoms. The van der Waals surface area contributed by atoms with Gasteiger partial charge in [-0.25, -0.2) is 4.98 Å². The Kier molecular flexibility index (Phi) is 5.34. The fourth-order valence-corrected chi connectivity index (χ4v) is 4.32. The van der Waals surface area contributed by atoms with Crippen LogP contribution in [0.5, 0.6) is 11.5 Å². The third kappa shape index (κ3) is 3.98. The van der Waals surface area contributed by atoms with Crippen molar-refractivity contribution >= 4 is 17.7 Å². The molecule has 4 rings (SSSR count). The van der Waals surface area contributed by atoms with E-state index in [1.54, 1.807) is 18.0 Å². The molecular formula is C19H23N3O3S. The monoisotopic (exact) mass is 373 g/mol. The van der Waals surface area contributed by atoms with Gasteiger partial charge in [-0.2, -0.15) is 0 Å². The molecule has 0 aliphatic carbocycles. The van der Waals surface area contributed by atoms with Gasteiger partial charge in [0.2, 0.25) is 5.91 Å². The highest BCUT2D eigenvalue weighted by Crippen LogP contribution is 2.34. The highest BCUT2D eigenvalue weighted by Gasteiger charge is 2.25. The topological polar surface area (TPSA) is 67.5 Å². The number of fused-ring (bicyclic) bond motifs is 1. The van der Waals surface area contributed by atoms with Gasteiger partial charge in [0.15, 0.2) is 11.5 Å². The number of hydrogen-bond donors (Lipinski definition) is 1. The number of amides is 1. The van der Waals surface area contributed by atoms with E-state index in [-0.39, 0.29) is 5.91 Å². The van der Waals surface area contributed by atoms with E-state index in [0.717, 1.165) is 53.9 Å². The quantitative estimate of drug-likeness (QED) is 0.816. The van der Waals surface area contributed by atoms with Crippen LogP contribution in [0.25, 0.3) is 0 Å². The van der Waals surface area contributed by atoms with Crippen molar-refractivity contribution in [1.82, 2.24) is 14.9 Å². The molecular weight excluding hydrogens is 350 g/mol. The van der Waals surface area contributed by atoms with Crippen LogP contribution in [0.15, 0.2) is 35.5 Å². The zero-order chi connectivity index (χ0) is 17.8. The van der Waals surface area contributed by atoms with Gasteiger partial charge in [-0.15, -0.1) is 11.8 Å². The smallest absolute Gasteiger partial charge is 0.223 e. The maximum atomic E-state index is 12.6. The highest BCUT2D eigenvalue weighted by atomic mass is 32.2. The van der Waals surface area contributed by atoms with Crippen LogP contribution in [-0.4, -0.2) is 52.8 Å². The number of aromatic nitrogens is 2. The van der Waals surface area contributed by atoms with Crippen molar-refractivity contribution in [1.29, 1.82) is 0 Å². The molecule has 1 amide bonds. The molecule has 1 atom stereocenters. The molecule has 1 fully saturated rings. The molecule has 7 heteroatoms. The summed E-state index contributed by atoms with van der Waals surface area (Å²) in [5, 5.41) is 0. The van der Waals surface area contributed by atoms with Crippen molar-refractivity contribution in [2.75, 3.05) is 32.1 Å². The van der Waals surface area contributed by atoms with Crippen LogP contribution in [0, 0.1) is 0 Å². The summed E-state index contributed by atoms with van der Waals surface area (Å²) in [6.45, 7) is 2.81. The van der Waals surface area contributed by atoms with Gasteiger partial charge in [0, 0.05) is 48.5 Å². The number of hydrogen-bond acceptors (Lipinski definition) is 5. The predicted molar refractivity (Wildman–Crippen MR) is 99.9 cm³/mol. The third-order valence-electron chi connectivity index (χ3n) is 4.78. The molecule has 6 nitrogen and oxygen atoms in total. The number of nitrogens with one attached hydrogen (secondary N) is 1. The van der Waals surface area contributed by atoms with E-state index in [4.69, 9.17) is 9.47 Å². The number of carbonyl (C=O) groups is 1. The Morgan fingerprint density at radius 1 is 1.31 bits per heavy atom. The summed E-state index contributed by atoms with van der Waals surface area (Å²) in [5.41, 5.74) is 0. The lowest BCUT2D eigenvalue weighted by Gasteiger charge is -2.32. The summed E-state index contributed by atoms with van der Waals surface area (Å²) in [4.78, 5) is 23.2. The van der Waals surface area contributed by atoms with E-state index >= 15 is 0 Å². The van der Waals surface area contributed by atoms with Crippen LogP contribution in [0.1, 0.15) is 31.0 Å². The zero-order valence-electron chi connectivity index (χ0n) is 14.6. The molecule has 0 radical (unpaired) electrons. The lowest BCUT2D eigenvalue weighted by atomic mass is 9.97. The first kappa shape index (κ1) is 17.3. The SMILES string of the molecule is O=C(CCSc1ccc2c(c1)OCCO2)N1CCC[C@@H](c2ncc[nH]2)C1. The van der Waals surface area contributed by atoms with Crippen LogP contribution in [0.3, 0.4) is 0 Å². The molecule has 0 unspecified atom stereocenters. The summed E-state index contributed by atoms with van der Waals surface area (Å²) in [5.74, 6) is 3.91. The van der Waals surface area contributed by atoms with Gasteiger partial charge in [-0.1, -0.05) is 0 Å². The van der Waals surface area contributed by atoms with E-state index in [2.05, 4.69) is 9.97 Å². The van der Waals surface area contributed by atoms with Crippen molar-refractivity contribution in [2.45, 2.75) is 30.1 Å². The minimum Gasteiger partial charge on any atom is -0.486 e. The number of likely N-dealkylation sites (tertiary alicyclic amines) is 1. The molecule has 0 saturated carbocycles. The maximum Gasteiger partial charge on any atom is 0.223 e. The molecule has 2 aliphatic heterocycles. The number of benzene rings is 1. The number of rotatable bonds is 5. The molecule has 2 aromatic rings. The number of H-pyrrole nitrogens is 1. The maximum absolute atomic E-state index is 12.6. The number of nitrogens with zero attached hydrogens (tertiary/aromatic N) is 2. The van der Waals surface area contributed by atoms with Gasteiger partial charge in [0.25, 0.3) is 0 Å². The highest BCUT2D eigenvalue weighted by molar-refractivity contribution is 7.99. The largest absolute Gasteiger partial charge is 0.486 e. The molecule has 138 valence electrons. The Bertz CT molecular complexity index is 750. The Labute approximate surface area is 157 Å². The average molecular weight is 373 g/mol. The average Bonchev–Trinajstić information content (AvgIpc) is 3.23. The number of thioether (sulfide) groups is 1. The number of aromatic amines is 1. The van der Waals surface area contributed by atoms with Crippen molar-refractivity contribution in [3.8, 4) is 11.5 Å². The van der Waals surface area contributed by atoms with Gasteiger partial charge in [-0.3, -0.25) is 4.79 Å². The predicted octanol–water partition coefficient (Wildman–Crippen LogP) is 3.07. The third-order valence-corrected chi connectivity index (χ3v) is 5.77. The Morgan fingerprint density at radius 2 is 2.19 bits per heavy atom. The number of piperidine rings is 1. The lowest BCUT2D eigenvalue weighted by molar-refractivity contribution is -0.131. The van der Waals surface area contributed by atoms with Crippen LogP contribution < -0.4 is 9.47 Å². The van der Waals surface area contributed by atoms with Gasteiger partial charge >= 0.3 is 0 Å². The molecule has 0 spiro atoms. The fourth-order valence-electron chi connectivity index (χ4n) is 3.46. The normalized spacial score (nSPS) is 19.4. The number of carbonyl (C=O) groups excluding carboxylic acids is 1. The zero-order valence-corrected chi connectivity index (χ0v) is 15.5. The van der Waals surface area contributed by atoms with Crippen molar-refractivity contribution in [3.63, 3.8) is 0 Å². The Morgan fingerprint density at radius 3 is 3.04 bits per heavy atom. The lowest BCUT2D eigenvalue weighted by Crippen LogP contribution is -2.39. The van der Waals surface area contributed by atoms with Gasteiger partial charge in [-0.05, 0) is 31.0 Å². The van der Waals surface area contributed by atoms with E-state index in [9.17, 15) is 4.79 Å². The van der Waals surface area contributed by atoms with E-state index in [1.807, 2.05) is 29.3 Å². The summed E-state index contributed by atoms with van der Waals surface area (Å²) >= 11 is 1.68. The van der Waals surface area contributed by atoms with Crippen molar-refractivity contribution < 1.29 is 14.3 Å². The molecule has 1 N–H and O–H groups in total. The fraction of sp³-hybridized carbons (Fsp3) is 0.474. The molecule has 0 bridgehead atoms. The van der Waals surface area contributed by atoms with E-state index < -0.39 is 0 Å². The minimum atomic E-state index is 0.228. The molecule has 2 aliphatic rings. The molecule has 1 aromatic carbocycles. The van der Waals surface area contributed by atoms with Crippen LogP contribution in [0.4, 0.5) is 0 Å². The van der Waals surface area contributed by atoms with Crippen LogP contribution in [-0.2, 0) is 4.79 Å². The van der Waals surface area contributed by atoms with Gasteiger partial charge < -0.3 is 19.4 Å². The van der Waals surface area contributed by atoms with E-state index in [0.29, 0.717) is 25.6 Å². The molecule has 1 aromatic heterocycles. The van der Waals surface area contributed by atoms with Crippen molar-refractivity contribution in [2.24, 2.45) is 0 Å².